The molecule has 1 unspecified atom stereocenters. The molecule has 4 nitrogen and oxygen atoms in total. The minimum Gasteiger partial charge on any atom is -0.336 e. The summed E-state index contributed by atoms with van der Waals surface area (Å²) in [4.78, 5) is 28.3. The highest BCUT2D eigenvalue weighted by molar-refractivity contribution is 6.11. The van der Waals surface area contributed by atoms with Crippen molar-refractivity contribution < 1.29 is 9.59 Å². The molecule has 1 aliphatic rings. The van der Waals surface area contributed by atoms with Crippen LogP contribution in [-0.4, -0.2) is 29.3 Å². The van der Waals surface area contributed by atoms with Crippen LogP contribution in [0.2, 0.25) is 0 Å². The lowest BCUT2D eigenvalue weighted by molar-refractivity contribution is 0.0636. The Labute approximate surface area is 177 Å². The van der Waals surface area contributed by atoms with Gasteiger partial charge in [0.15, 0.2) is 0 Å². The summed E-state index contributed by atoms with van der Waals surface area (Å²) < 4.78 is 0. The zero-order valence-corrected chi connectivity index (χ0v) is 17.2. The Morgan fingerprint density at radius 2 is 1.50 bits per heavy atom. The molecule has 30 heavy (non-hydrogen) atoms. The van der Waals surface area contributed by atoms with Gasteiger partial charge < -0.3 is 10.2 Å². The van der Waals surface area contributed by atoms with E-state index in [1.807, 2.05) is 71.6 Å². The van der Waals surface area contributed by atoms with Crippen molar-refractivity contribution in [1.82, 2.24) is 4.90 Å². The maximum absolute atomic E-state index is 13.2. The molecule has 3 aromatic carbocycles. The minimum atomic E-state index is -0.221. The number of rotatable bonds is 4. The monoisotopic (exact) mass is 398 g/mol. The molecule has 0 saturated carbocycles. The number of carbonyl (C=O) groups is 2. The summed E-state index contributed by atoms with van der Waals surface area (Å²) in [6.45, 7) is 2.85. The second-order valence-electron chi connectivity index (χ2n) is 7.75. The van der Waals surface area contributed by atoms with Crippen LogP contribution in [0.4, 0.5) is 5.69 Å². The van der Waals surface area contributed by atoms with Crippen LogP contribution in [-0.2, 0) is 0 Å². The van der Waals surface area contributed by atoms with Crippen molar-refractivity contribution in [3.8, 4) is 11.1 Å². The number of hydrogen-bond donors (Lipinski definition) is 1. The molecule has 1 N–H and O–H groups in total. The second-order valence-corrected chi connectivity index (χ2v) is 7.75. The van der Waals surface area contributed by atoms with E-state index in [2.05, 4.69) is 12.2 Å². The summed E-state index contributed by atoms with van der Waals surface area (Å²) in [5, 5.41) is 2.99. The van der Waals surface area contributed by atoms with Gasteiger partial charge in [0.1, 0.15) is 0 Å². The van der Waals surface area contributed by atoms with Gasteiger partial charge in [0.05, 0.1) is 11.3 Å². The lowest BCUT2D eigenvalue weighted by Gasteiger charge is -2.34. The third kappa shape index (κ3) is 4.13. The molecule has 3 aromatic rings. The molecule has 1 aliphatic heterocycles. The largest absolute Gasteiger partial charge is 0.336 e. The number of nitrogens with one attached hydrogen (secondary N) is 1. The topological polar surface area (TPSA) is 49.4 Å². The summed E-state index contributed by atoms with van der Waals surface area (Å²) in [5.74, 6) is -0.240. The number of carbonyl (C=O) groups excluding carboxylic acids is 2. The zero-order valence-electron chi connectivity index (χ0n) is 17.2. The number of piperidine rings is 1. The van der Waals surface area contributed by atoms with Crippen LogP contribution in [0.5, 0.6) is 0 Å². The van der Waals surface area contributed by atoms with E-state index in [4.69, 9.17) is 0 Å². The number of para-hydroxylation sites is 1. The van der Waals surface area contributed by atoms with Crippen molar-refractivity contribution in [3.05, 3.63) is 90.0 Å². The maximum Gasteiger partial charge on any atom is 0.256 e. The van der Waals surface area contributed by atoms with E-state index in [0.717, 1.165) is 36.9 Å². The van der Waals surface area contributed by atoms with Crippen LogP contribution in [0.15, 0.2) is 78.9 Å². The van der Waals surface area contributed by atoms with Crippen LogP contribution in [0.1, 0.15) is 46.9 Å². The summed E-state index contributed by atoms with van der Waals surface area (Å²) >= 11 is 0. The highest BCUT2D eigenvalue weighted by Gasteiger charge is 2.26. The maximum atomic E-state index is 13.2. The van der Waals surface area contributed by atoms with Crippen molar-refractivity contribution in [3.63, 3.8) is 0 Å². The van der Waals surface area contributed by atoms with E-state index in [-0.39, 0.29) is 17.9 Å². The second kappa shape index (κ2) is 8.95. The van der Waals surface area contributed by atoms with Gasteiger partial charge in [-0.05, 0) is 55.5 Å². The fourth-order valence-electron chi connectivity index (χ4n) is 4.07. The van der Waals surface area contributed by atoms with Gasteiger partial charge in [0.25, 0.3) is 11.8 Å². The predicted octanol–water partition coefficient (Wildman–Crippen LogP) is 5.62. The number of benzene rings is 3. The molecule has 0 aromatic heterocycles. The summed E-state index contributed by atoms with van der Waals surface area (Å²) in [6, 6.07) is 24.9. The molecule has 4 rings (SSSR count). The van der Waals surface area contributed by atoms with Crippen molar-refractivity contribution >= 4 is 17.5 Å². The molecule has 0 spiro atoms. The first-order valence-corrected chi connectivity index (χ1v) is 10.5. The lowest BCUT2D eigenvalue weighted by atomic mass is 9.99. The first kappa shape index (κ1) is 19.9. The van der Waals surface area contributed by atoms with Gasteiger partial charge in [-0.2, -0.15) is 0 Å². The zero-order chi connectivity index (χ0) is 20.9. The van der Waals surface area contributed by atoms with Crippen LogP contribution >= 0.6 is 0 Å². The number of likely N-dealkylation sites (tertiary alicyclic amines) is 1. The summed E-state index contributed by atoms with van der Waals surface area (Å²) in [7, 11) is 0. The van der Waals surface area contributed by atoms with E-state index >= 15 is 0 Å². The van der Waals surface area contributed by atoms with Gasteiger partial charge in [-0.25, -0.2) is 0 Å². The van der Waals surface area contributed by atoms with Gasteiger partial charge in [0.2, 0.25) is 0 Å². The van der Waals surface area contributed by atoms with E-state index in [1.54, 1.807) is 12.1 Å². The van der Waals surface area contributed by atoms with Crippen LogP contribution < -0.4 is 5.32 Å². The smallest absolute Gasteiger partial charge is 0.256 e. The van der Waals surface area contributed by atoms with Gasteiger partial charge in [-0.15, -0.1) is 0 Å². The van der Waals surface area contributed by atoms with Gasteiger partial charge in [0, 0.05) is 18.2 Å². The Bertz CT molecular complexity index is 1050. The van der Waals surface area contributed by atoms with Gasteiger partial charge >= 0.3 is 0 Å². The summed E-state index contributed by atoms with van der Waals surface area (Å²) in [5.41, 5.74) is 3.51. The average Bonchev–Trinajstić information content (AvgIpc) is 2.80. The van der Waals surface area contributed by atoms with E-state index in [1.165, 1.54) is 0 Å². The molecule has 2 amide bonds. The number of hydrogen-bond acceptors (Lipinski definition) is 2. The molecule has 0 aliphatic carbocycles. The van der Waals surface area contributed by atoms with E-state index in [9.17, 15) is 9.59 Å². The fraction of sp³-hybridized carbons (Fsp3) is 0.231. The number of anilines is 1. The molecular formula is C26H26N2O2. The van der Waals surface area contributed by atoms with Crippen molar-refractivity contribution in [2.45, 2.75) is 32.2 Å². The molecular weight excluding hydrogens is 372 g/mol. The predicted molar refractivity (Wildman–Crippen MR) is 121 cm³/mol. The van der Waals surface area contributed by atoms with Crippen molar-refractivity contribution in [2.24, 2.45) is 0 Å². The first-order chi connectivity index (χ1) is 14.6. The van der Waals surface area contributed by atoms with Crippen LogP contribution in [0, 0.1) is 0 Å². The van der Waals surface area contributed by atoms with Gasteiger partial charge in [-0.1, -0.05) is 60.7 Å². The molecule has 1 fully saturated rings. The molecule has 1 atom stereocenters. The Balaban J connectivity index is 1.62. The molecule has 0 bridgehead atoms. The Morgan fingerprint density at radius 3 is 2.27 bits per heavy atom. The summed E-state index contributed by atoms with van der Waals surface area (Å²) in [6.07, 6.45) is 3.19. The lowest BCUT2D eigenvalue weighted by Crippen LogP contribution is -2.42. The number of amides is 2. The Hall–Kier alpha value is -3.40. The molecule has 1 heterocycles. The molecule has 152 valence electrons. The highest BCUT2D eigenvalue weighted by atomic mass is 16.2. The molecule has 0 radical (unpaired) electrons. The third-order valence-electron chi connectivity index (χ3n) is 5.73. The van der Waals surface area contributed by atoms with Gasteiger partial charge in [-0.3, -0.25) is 9.59 Å². The van der Waals surface area contributed by atoms with E-state index < -0.39 is 0 Å². The standard InChI is InChI=1S/C26H26N2O2/c1-19-11-9-10-18-28(19)26(30)23-16-7-8-17-24(23)27-25(29)22-15-6-5-14-21(22)20-12-3-2-4-13-20/h2-8,12-17,19H,9-11,18H2,1H3,(H,27,29). The Morgan fingerprint density at radius 1 is 0.833 bits per heavy atom. The van der Waals surface area contributed by atoms with Crippen molar-refractivity contribution in [1.29, 1.82) is 0 Å². The quantitative estimate of drug-likeness (QED) is 0.620. The number of nitrogens with zero attached hydrogens (tertiary/aromatic N) is 1. The fourth-order valence-corrected chi connectivity index (χ4v) is 4.07. The Kier molecular flexibility index (Phi) is 5.94. The van der Waals surface area contributed by atoms with Crippen LogP contribution in [0.3, 0.4) is 0 Å². The molecule has 1 saturated heterocycles. The molecule has 4 heteroatoms. The highest BCUT2D eigenvalue weighted by Crippen LogP contribution is 2.26. The van der Waals surface area contributed by atoms with Crippen LogP contribution in [0.25, 0.3) is 11.1 Å². The first-order valence-electron chi connectivity index (χ1n) is 10.5. The van der Waals surface area contributed by atoms with Crippen molar-refractivity contribution in [2.75, 3.05) is 11.9 Å². The van der Waals surface area contributed by atoms with E-state index in [0.29, 0.717) is 16.8 Å². The third-order valence-corrected chi connectivity index (χ3v) is 5.73. The SMILES string of the molecule is CC1CCCCN1C(=O)c1ccccc1NC(=O)c1ccccc1-c1ccccc1. The minimum absolute atomic E-state index is 0.0190. The normalized spacial score (nSPS) is 16.2. The average molecular weight is 399 g/mol.